The second kappa shape index (κ2) is 10.8. The number of aromatic nitrogens is 1. The predicted octanol–water partition coefficient (Wildman–Crippen LogP) is 2.64. The van der Waals surface area contributed by atoms with E-state index in [2.05, 4.69) is 4.90 Å². The van der Waals surface area contributed by atoms with Crippen LogP contribution in [0.15, 0.2) is 47.3 Å². The summed E-state index contributed by atoms with van der Waals surface area (Å²) in [6, 6.07) is 13.2. The molecular weight excluding hydrogens is 457 g/mol. The first kappa shape index (κ1) is 24.4. The molecule has 3 aromatic rings. The van der Waals surface area contributed by atoms with E-state index in [0.29, 0.717) is 43.1 Å². The van der Waals surface area contributed by atoms with Crippen LogP contribution in [0.1, 0.15) is 28.8 Å². The first-order valence-electron chi connectivity index (χ1n) is 12.3. The molecular formula is C27H30BN3O5. The first-order chi connectivity index (χ1) is 17.6. The maximum Gasteiger partial charge on any atom is 0.251 e. The van der Waals surface area contributed by atoms with E-state index in [-0.39, 0.29) is 11.6 Å². The van der Waals surface area contributed by atoms with Crippen LogP contribution >= 0.6 is 0 Å². The van der Waals surface area contributed by atoms with Crippen molar-refractivity contribution in [3.8, 4) is 17.2 Å². The lowest BCUT2D eigenvalue weighted by atomic mass is 9.99. The summed E-state index contributed by atoms with van der Waals surface area (Å²) < 4.78 is 18.4. The molecule has 0 bridgehead atoms. The van der Waals surface area contributed by atoms with Gasteiger partial charge in [0, 0.05) is 48.8 Å². The Hall–Kier alpha value is -3.30. The SMILES string of the molecule is [B]N(Cc1ccc2c(c1)OCCO2)C1CCN(CCn2c(=O)cc(C=O)c3ccc(OC)cc32)CC1. The van der Waals surface area contributed by atoms with Gasteiger partial charge in [-0.25, -0.2) is 0 Å². The third-order valence-corrected chi connectivity index (χ3v) is 7.12. The van der Waals surface area contributed by atoms with Crippen LogP contribution < -0.4 is 19.8 Å². The molecule has 0 unspecified atom stereocenters. The zero-order valence-corrected chi connectivity index (χ0v) is 20.5. The Balaban J connectivity index is 1.19. The van der Waals surface area contributed by atoms with Crippen molar-refractivity contribution in [2.45, 2.75) is 32.0 Å². The largest absolute Gasteiger partial charge is 0.497 e. The molecule has 3 heterocycles. The van der Waals surface area contributed by atoms with E-state index in [0.717, 1.165) is 61.2 Å². The molecule has 0 N–H and O–H groups in total. The van der Waals surface area contributed by atoms with E-state index in [9.17, 15) is 9.59 Å². The highest BCUT2D eigenvalue weighted by Gasteiger charge is 2.23. The zero-order chi connectivity index (χ0) is 25.1. The number of hydrogen-bond acceptors (Lipinski definition) is 7. The number of likely N-dealkylation sites (tertiary alicyclic amines) is 1. The molecule has 9 heteroatoms. The minimum atomic E-state index is -0.180. The highest BCUT2D eigenvalue weighted by Crippen LogP contribution is 2.31. The summed E-state index contributed by atoms with van der Waals surface area (Å²) >= 11 is 0. The number of carbonyl (C=O) groups excluding carboxylic acids is 1. The fraction of sp³-hybridized carbons (Fsp3) is 0.407. The van der Waals surface area contributed by atoms with Crippen molar-refractivity contribution in [1.29, 1.82) is 0 Å². The van der Waals surface area contributed by atoms with Crippen LogP contribution in [0.25, 0.3) is 10.9 Å². The lowest BCUT2D eigenvalue weighted by Crippen LogP contribution is -2.44. The first-order valence-corrected chi connectivity index (χ1v) is 12.3. The van der Waals surface area contributed by atoms with Gasteiger partial charge in [0.2, 0.25) is 0 Å². The van der Waals surface area contributed by atoms with Crippen molar-refractivity contribution in [1.82, 2.24) is 14.3 Å². The number of fused-ring (bicyclic) bond motifs is 2. The summed E-state index contributed by atoms with van der Waals surface area (Å²) in [6.07, 6.45) is 2.64. The Labute approximate surface area is 211 Å². The standard InChI is InChI=1S/C27H30BN3O5/c1-34-22-3-4-23-20(18-32)15-27(33)30(24(23)16-22)11-10-29-8-6-21(7-9-29)31(28)17-19-2-5-25-26(14-19)36-13-12-35-25/h2-5,14-16,18,21H,6-13,17H2,1H3. The Kier molecular flexibility index (Phi) is 7.29. The molecule has 5 rings (SSSR count). The Morgan fingerprint density at radius 3 is 2.58 bits per heavy atom. The van der Waals surface area contributed by atoms with Gasteiger partial charge in [-0.2, -0.15) is 0 Å². The van der Waals surface area contributed by atoms with Gasteiger partial charge in [0.15, 0.2) is 25.8 Å². The van der Waals surface area contributed by atoms with E-state index in [1.165, 1.54) is 6.07 Å². The minimum Gasteiger partial charge on any atom is -0.497 e. The number of rotatable bonds is 8. The lowest BCUT2D eigenvalue weighted by molar-refractivity contribution is 0.112. The number of pyridine rings is 1. The van der Waals surface area contributed by atoms with Gasteiger partial charge >= 0.3 is 0 Å². The number of piperidine rings is 1. The van der Waals surface area contributed by atoms with Crippen molar-refractivity contribution >= 4 is 25.2 Å². The second-order valence-corrected chi connectivity index (χ2v) is 9.31. The molecule has 36 heavy (non-hydrogen) atoms. The maximum atomic E-state index is 12.8. The third-order valence-electron chi connectivity index (χ3n) is 7.12. The topological polar surface area (TPSA) is 73.2 Å². The molecule has 186 valence electrons. The summed E-state index contributed by atoms with van der Waals surface area (Å²) in [5, 5.41) is 0.752. The van der Waals surface area contributed by atoms with Crippen molar-refractivity contribution in [3.63, 3.8) is 0 Å². The number of methoxy groups -OCH3 is 1. The molecule has 0 amide bonds. The summed E-state index contributed by atoms with van der Waals surface area (Å²) in [4.78, 5) is 28.6. The van der Waals surface area contributed by atoms with E-state index in [1.807, 2.05) is 35.1 Å². The van der Waals surface area contributed by atoms with E-state index in [4.69, 9.17) is 22.2 Å². The molecule has 0 aliphatic carbocycles. The van der Waals surface area contributed by atoms with Gasteiger partial charge < -0.3 is 28.5 Å². The Morgan fingerprint density at radius 1 is 1.06 bits per heavy atom. The quantitative estimate of drug-likeness (QED) is 0.357. The Bertz CT molecular complexity index is 1300. The number of hydrogen-bond donors (Lipinski definition) is 0. The van der Waals surface area contributed by atoms with Gasteiger partial charge in [-0.3, -0.25) is 9.59 Å². The summed E-state index contributed by atoms with van der Waals surface area (Å²) in [7, 11) is 8.05. The normalized spacial score (nSPS) is 16.4. The van der Waals surface area contributed by atoms with Crippen molar-refractivity contribution in [2.75, 3.05) is 40.0 Å². The predicted molar refractivity (Wildman–Crippen MR) is 138 cm³/mol. The molecule has 0 spiro atoms. The molecule has 8 nitrogen and oxygen atoms in total. The van der Waals surface area contributed by atoms with Gasteiger partial charge in [-0.15, -0.1) is 0 Å². The van der Waals surface area contributed by atoms with Crippen LogP contribution in [0, 0.1) is 0 Å². The number of aldehydes is 1. The van der Waals surface area contributed by atoms with Gasteiger partial charge in [0.05, 0.1) is 12.6 Å². The molecule has 0 atom stereocenters. The molecule has 1 fully saturated rings. The molecule has 0 saturated carbocycles. The maximum absolute atomic E-state index is 12.8. The van der Waals surface area contributed by atoms with Crippen molar-refractivity contribution in [2.24, 2.45) is 0 Å². The summed E-state index contributed by atoms with van der Waals surface area (Å²) in [6.45, 7) is 4.88. The monoisotopic (exact) mass is 487 g/mol. The van der Waals surface area contributed by atoms with E-state index in [1.54, 1.807) is 17.7 Å². The summed E-state index contributed by atoms with van der Waals surface area (Å²) in [5.74, 6) is 2.22. The average molecular weight is 487 g/mol. The highest BCUT2D eigenvalue weighted by molar-refractivity contribution is 6.04. The van der Waals surface area contributed by atoms with Crippen molar-refractivity contribution in [3.05, 3.63) is 63.9 Å². The van der Waals surface area contributed by atoms with Crippen LogP contribution in [-0.4, -0.2) is 74.5 Å². The minimum absolute atomic E-state index is 0.180. The zero-order valence-electron chi connectivity index (χ0n) is 20.5. The van der Waals surface area contributed by atoms with Crippen LogP contribution in [0.3, 0.4) is 0 Å². The van der Waals surface area contributed by atoms with Gasteiger partial charge in [0.1, 0.15) is 19.0 Å². The fourth-order valence-corrected chi connectivity index (χ4v) is 5.08. The van der Waals surface area contributed by atoms with E-state index < -0.39 is 0 Å². The fourth-order valence-electron chi connectivity index (χ4n) is 5.08. The molecule has 2 aliphatic rings. The van der Waals surface area contributed by atoms with Crippen LogP contribution in [0.4, 0.5) is 0 Å². The number of ether oxygens (including phenoxy) is 3. The molecule has 1 aromatic heterocycles. The third kappa shape index (κ3) is 5.13. The highest BCUT2D eigenvalue weighted by atomic mass is 16.6. The van der Waals surface area contributed by atoms with Crippen LogP contribution in [0.2, 0.25) is 0 Å². The van der Waals surface area contributed by atoms with Crippen LogP contribution in [-0.2, 0) is 13.1 Å². The van der Waals surface area contributed by atoms with Gasteiger partial charge in [-0.05, 0) is 55.8 Å². The molecule has 2 radical (unpaired) electrons. The lowest BCUT2D eigenvalue weighted by Gasteiger charge is -2.37. The number of carbonyl (C=O) groups is 1. The number of benzene rings is 2. The molecule has 2 aliphatic heterocycles. The van der Waals surface area contributed by atoms with Gasteiger partial charge in [-0.1, -0.05) is 6.07 Å². The smallest absolute Gasteiger partial charge is 0.251 e. The average Bonchev–Trinajstić information content (AvgIpc) is 2.92. The second-order valence-electron chi connectivity index (χ2n) is 9.31. The Morgan fingerprint density at radius 2 is 1.83 bits per heavy atom. The summed E-state index contributed by atoms with van der Waals surface area (Å²) in [5.41, 5.74) is 2.03. The molecule has 1 saturated heterocycles. The number of nitrogens with zero attached hydrogens (tertiary/aromatic N) is 3. The molecule has 2 aromatic carbocycles. The van der Waals surface area contributed by atoms with E-state index >= 15 is 0 Å². The van der Waals surface area contributed by atoms with Gasteiger partial charge in [0.25, 0.3) is 5.56 Å². The van der Waals surface area contributed by atoms with Crippen molar-refractivity contribution < 1.29 is 19.0 Å². The van der Waals surface area contributed by atoms with Crippen LogP contribution in [0.5, 0.6) is 17.2 Å².